The molecule has 3 heterocycles. The lowest BCUT2D eigenvalue weighted by atomic mass is 10.1. The van der Waals surface area contributed by atoms with Crippen LogP contribution in [0.5, 0.6) is 0 Å². The van der Waals surface area contributed by atoms with Crippen LogP contribution in [0.25, 0.3) is 0 Å². The number of hydrogen-bond acceptors (Lipinski definition) is 5. The molecule has 6 nitrogen and oxygen atoms in total. The van der Waals surface area contributed by atoms with Crippen molar-refractivity contribution in [1.29, 1.82) is 0 Å². The summed E-state index contributed by atoms with van der Waals surface area (Å²) in [5.74, 6) is -0.154. The van der Waals surface area contributed by atoms with Crippen molar-refractivity contribution in [3.05, 3.63) is 71.3 Å². The third-order valence-electron chi connectivity index (χ3n) is 6.47. The van der Waals surface area contributed by atoms with Crippen LogP contribution in [-0.2, 0) is 20.8 Å². The van der Waals surface area contributed by atoms with E-state index in [-0.39, 0.29) is 24.0 Å². The van der Waals surface area contributed by atoms with Gasteiger partial charge in [0.05, 0.1) is 25.3 Å². The van der Waals surface area contributed by atoms with Gasteiger partial charge < -0.3 is 14.4 Å². The van der Waals surface area contributed by atoms with Crippen molar-refractivity contribution in [3.63, 3.8) is 0 Å². The summed E-state index contributed by atoms with van der Waals surface area (Å²) >= 11 is 0. The number of carbonyl (C=O) groups excluding carboxylic acids is 2. The number of carbonyl (C=O) groups is 2. The molecule has 1 spiro atoms. The minimum atomic E-state index is -0.510. The van der Waals surface area contributed by atoms with Gasteiger partial charge in [0.2, 0.25) is 5.91 Å². The number of ether oxygens (including phenoxy) is 2. The van der Waals surface area contributed by atoms with E-state index in [0.29, 0.717) is 18.5 Å². The van der Waals surface area contributed by atoms with E-state index in [1.165, 1.54) is 7.11 Å². The van der Waals surface area contributed by atoms with E-state index >= 15 is 0 Å². The summed E-state index contributed by atoms with van der Waals surface area (Å²) in [6, 6.07) is 17.7. The number of amides is 1. The molecule has 0 bridgehead atoms. The fraction of sp³-hybridized carbons (Fsp3) is 0.391. The Labute approximate surface area is 170 Å². The molecule has 29 heavy (non-hydrogen) atoms. The average Bonchev–Trinajstić information content (AvgIpc) is 3.38. The Morgan fingerprint density at radius 1 is 1.17 bits per heavy atom. The number of methoxy groups -OCH3 is 1. The first-order valence-corrected chi connectivity index (χ1v) is 10.1. The van der Waals surface area contributed by atoms with Crippen LogP contribution < -0.4 is 0 Å². The third-order valence-corrected chi connectivity index (χ3v) is 6.47. The van der Waals surface area contributed by atoms with Crippen molar-refractivity contribution in [1.82, 2.24) is 9.80 Å². The number of hydrogen-bond donors (Lipinski definition) is 0. The van der Waals surface area contributed by atoms with Gasteiger partial charge in [-0.15, -0.1) is 0 Å². The van der Waals surface area contributed by atoms with Crippen molar-refractivity contribution in [3.8, 4) is 0 Å². The van der Waals surface area contributed by atoms with Crippen molar-refractivity contribution in [2.45, 2.75) is 37.3 Å². The van der Waals surface area contributed by atoms with Crippen LogP contribution >= 0.6 is 0 Å². The molecule has 3 atom stereocenters. The van der Waals surface area contributed by atoms with Crippen LogP contribution in [0.15, 0.2) is 54.6 Å². The second-order valence-corrected chi connectivity index (χ2v) is 8.00. The van der Waals surface area contributed by atoms with Gasteiger partial charge in [0, 0.05) is 25.9 Å². The van der Waals surface area contributed by atoms with Crippen LogP contribution in [-0.4, -0.2) is 53.6 Å². The van der Waals surface area contributed by atoms with Gasteiger partial charge in [0.25, 0.3) is 0 Å². The molecule has 3 aliphatic rings. The first kappa shape index (κ1) is 18.3. The monoisotopic (exact) mass is 392 g/mol. The van der Waals surface area contributed by atoms with Crippen LogP contribution in [0.1, 0.15) is 40.4 Å². The van der Waals surface area contributed by atoms with Gasteiger partial charge in [-0.1, -0.05) is 42.5 Å². The van der Waals surface area contributed by atoms with Gasteiger partial charge in [0.1, 0.15) is 6.10 Å². The molecule has 0 N–H and O–H groups in total. The summed E-state index contributed by atoms with van der Waals surface area (Å²) in [5, 5.41) is 0. The quantitative estimate of drug-likeness (QED) is 0.749. The number of likely N-dealkylation sites (tertiary alicyclic amines) is 1. The number of benzene rings is 2. The lowest BCUT2D eigenvalue weighted by Gasteiger charge is -2.32. The molecule has 3 aliphatic heterocycles. The van der Waals surface area contributed by atoms with E-state index in [4.69, 9.17) is 9.47 Å². The maximum absolute atomic E-state index is 12.8. The molecule has 6 heteroatoms. The summed E-state index contributed by atoms with van der Waals surface area (Å²) in [7, 11) is 1.38. The highest BCUT2D eigenvalue weighted by atomic mass is 16.5. The lowest BCUT2D eigenvalue weighted by Crippen LogP contribution is -2.47. The van der Waals surface area contributed by atoms with E-state index in [1.807, 2.05) is 35.2 Å². The predicted molar refractivity (Wildman–Crippen MR) is 106 cm³/mol. The van der Waals surface area contributed by atoms with Gasteiger partial charge in [0.15, 0.2) is 5.72 Å². The smallest absolute Gasteiger partial charge is 0.337 e. The largest absolute Gasteiger partial charge is 0.465 e. The van der Waals surface area contributed by atoms with Crippen molar-refractivity contribution >= 4 is 11.9 Å². The Kier molecular flexibility index (Phi) is 4.41. The zero-order valence-corrected chi connectivity index (χ0v) is 16.4. The van der Waals surface area contributed by atoms with Crippen LogP contribution in [0.4, 0.5) is 0 Å². The molecular weight excluding hydrogens is 368 g/mol. The van der Waals surface area contributed by atoms with E-state index < -0.39 is 5.72 Å². The van der Waals surface area contributed by atoms with Crippen LogP contribution in [0.3, 0.4) is 0 Å². The molecule has 5 rings (SSSR count). The van der Waals surface area contributed by atoms with Gasteiger partial charge in [-0.3, -0.25) is 9.69 Å². The molecule has 0 aromatic heterocycles. The van der Waals surface area contributed by atoms with Gasteiger partial charge in [-0.25, -0.2) is 4.79 Å². The molecule has 3 fully saturated rings. The molecule has 0 aliphatic carbocycles. The van der Waals surface area contributed by atoms with E-state index in [2.05, 4.69) is 17.0 Å². The van der Waals surface area contributed by atoms with E-state index in [9.17, 15) is 9.59 Å². The van der Waals surface area contributed by atoms with Gasteiger partial charge >= 0.3 is 5.97 Å². The molecule has 2 aromatic rings. The highest BCUT2D eigenvalue weighted by Gasteiger charge is 2.63. The summed E-state index contributed by atoms with van der Waals surface area (Å²) in [6.07, 6.45) is 1.26. The average molecular weight is 392 g/mol. The summed E-state index contributed by atoms with van der Waals surface area (Å²) in [5.41, 5.74) is 2.27. The Hall–Kier alpha value is -2.70. The fourth-order valence-electron chi connectivity index (χ4n) is 5.04. The van der Waals surface area contributed by atoms with Crippen molar-refractivity contribution in [2.75, 3.05) is 20.2 Å². The Balaban J connectivity index is 1.34. The number of nitrogens with zero attached hydrogens (tertiary/aromatic N) is 2. The minimum absolute atomic E-state index is 0.0593. The predicted octanol–water partition coefficient (Wildman–Crippen LogP) is 2.75. The molecule has 0 saturated carbocycles. The van der Waals surface area contributed by atoms with Gasteiger partial charge in [-0.05, 0) is 23.3 Å². The topological polar surface area (TPSA) is 59.1 Å². The minimum Gasteiger partial charge on any atom is -0.465 e. The zero-order chi connectivity index (χ0) is 20.0. The highest BCUT2D eigenvalue weighted by molar-refractivity contribution is 5.89. The highest BCUT2D eigenvalue weighted by Crippen LogP contribution is 2.50. The third kappa shape index (κ3) is 2.94. The first-order chi connectivity index (χ1) is 14.1. The van der Waals surface area contributed by atoms with Gasteiger partial charge in [-0.2, -0.15) is 0 Å². The molecule has 150 valence electrons. The molecular formula is C23H24N2O4. The van der Waals surface area contributed by atoms with Crippen molar-refractivity contribution in [2.24, 2.45) is 0 Å². The summed E-state index contributed by atoms with van der Waals surface area (Å²) < 4.78 is 11.4. The maximum atomic E-state index is 12.8. The Morgan fingerprint density at radius 2 is 1.93 bits per heavy atom. The summed E-state index contributed by atoms with van der Waals surface area (Å²) in [4.78, 5) is 28.7. The standard InChI is InChI=1S/C23H24N2O4/c1-28-22(27)18-9-7-16(8-10-18)14-24-12-11-23-20(24)13-21(26)25(23)15-19(29-23)17-5-3-2-4-6-17/h2-10,19-20H,11-15H2,1H3/t19-,20+,23-/m0/s1. The SMILES string of the molecule is COC(=O)c1ccc(CN2CC[C@@]34O[C@H](c5ccccc5)CN3C(=O)C[C@@H]24)cc1. The normalized spacial score (nSPS) is 28.4. The number of esters is 1. The fourth-order valence-corrected chi connectivity index (χ4v) is 5.04. The van der Waals surface area contributed by atoms with Crippen molar-refractivity contribution < 1.29 is 19.1 Å². The molecule has 3 saturated heterocycles. The van der Waals surface area contributed by atoms with Crippen LogP contribution in [0.2, 0.25) is 0 Å². The molecule has 0 unspecified atom stereocenters. The number of rotatable bonds is 4. The molecule has 0 radical (unpaired) electrons. The second-order valence-electron chi connectivity index (χ2n) is 8.00. The second kappa shape index (κ2) is 6.97. The van der Waals surface area contributed by atoms with E-state index in [0.717, 1.165) is 30.6 Å². The van der Waals surface area contributed by atoms with E-state index in [1.54, 1.807) is 12.1 Å². The molecule has 1 amide bonds. The maximum Gasteiger partial charge on any atom is 0.337 e. The Bertz CT molecular complexity index is 930. The van der Waals surface area contributed by atoms with Crippen LogP contribution in [0, 0.1) is 0 Å². The Morgan fingerprint density at radius 3 is 2.66 bits per heavy atom. The molecule has 2 aromatic carbocycles. The first-order valence-electron chi connectivity index (χ1n) is 10.1. The zero-order valence-electron chi connectivity index (χ0n) is 16.4. The lowest BCUT2D eigenvalue weighted by molar-refractivity contribution is -0.138. The summed E-state index contributed by atoms with van der Waals surface area (Å²) in [6.45, 7) is 2.24.